The lowest BCUT2D eigenvalue weighted by atomic mass is 10.1. The highest BCUT2D eigenvalue weighted by molar-refractivity contribution is 5.85. The van der Waals surface area contributed by atoms with Crippen LogP contribution in [0.25, 0.3) is 16.7 Å². The molecule has 1 unspecified atom stereocenters. The summed E-state index contributed by atoms with van der Waals surface area (Å²) in [4.78, 5) is 7.11. The third kappa shape index (κ3) is 3.01. The molecule has 1 aliphatic heterocycles. The molecule has 0 saturated carbocycles. The monoisotopic (exact) mass is 400 g/mol. The van der Waals surface area contributed by atoms with Crippen LogP contribution in [0.2, 0.25) is 0 Å². The normalized spacial score (nSPS) is 17.0. The summed E-state index contributed by atoms with van der Waals surface area (Å²) < 4.78 is 10.2. The number of benzene rings is 1. The number of hydrogen-bond donors (Lipinski definition) is 0. The second-order valence-corrected chi connectivity index (χ2v) is 7.98. The smallest absolute Gasteiger partial charge is 0.157 e. The number of rotatable bonds is 3. The molecule has 3 aromatic heterocycles. The summed E-state index contributed by atoms with van der Waals surface area (Å²) in [6.45, 7) is 8.99. The summed E-state index contributed by atoms with van der Waals surface area (Å²) >= 11 is 0. The molecule has 1 aliphatic rings. The first-order chi connectivity index (χ1) is 14.5. The van der Waals surface area contributed by atoms with Crippen LogP contribution in [0, 0.1) is 32.1 Å². The van der Waals surface area contributed by atoms with Crippen LogP contribution >= 0.6 is 0 Å². The van der Waals surface area contributed by atoms with Gasteiger partial charge in [-0.15, -0.1) is 0 Å². The van der Waals surface area contributed by atoms with E-state index >= 15 is 0 Å². The van der Waals surface area contributed by atoms with Crippen LogP contribution < -0.4 is 4.90 Å². The third-order valence-electron chi connectivity index (χ3n) is 5.81. The van der Waals surface area contributed by atoms with Crippen LogP contribution in [-0.2, 0) is 11.3 Å². The van der Waals surface area contributed by atoms with E-state index in [-0.39, 0.29) is 6.10 Å². The summed E-state index contributed by atoms with van der Waals surface area (Å²) in [5, 5.41) is 14.3. The second-order valence-electron chi connectivity index (χ2n) is 7.98. The molecule has 1 fully saturated rings. The molecular weight excluding hydrogens is 376 g/mol. The van der Waals surface area contributed by atoms with E-state index in [9.17, 15) is 5.26 Å². The highest BCUT2D eigenvalue weighted by Gasteiger charge is 2.25. The van der Waals surface area contributed by atoms with E-state index in [2.05, 4.69) is 45.6 Å². The number of para-hydroxylation sites is 2. The fraction of sp³-hybridized carbons (Fsp3) is 0.348. The number of aromatic nitrogens is 4. The van der Waals surface area contributed by atoms with Gasteiger partial charge < -0.3 is 9.64 Å². The van der Waals surface area contributed by atoms with Crippen molar-refractivity contribution in [2.24, 2.45) is 0 Å². The van der Waals surface area contributed by atoms with Crippen LogP contribution in [0.5, 0.6) is 0 Å². The maximum Gasteiger partial charge on any atom is 0.157 e. The van der Waals surface area contributed by atoms with E-state index in [0.717, 1.165) is 59.1 Å². The van der Waals surface area contributed by atoms with Gasteiger partial charge in [0.15, 0.2) is 5.65 Å². The van der Waals surface area contributed by atoms with Crippen molar-refractivity contribution in [3.05, 3.63) is 58.9 Å². The largest absolute Gasteiger partial charge is 0.373 e. The van der Waals surface area contributed by atoms with Crippen LogP contribution in [0.4, 0.5) is 5.82 Å². The van der Waals surface area contributed by atoms with Crippen molar-refractivity contribution in [2.75, 3.05) is 24.6 Å². The second kappa shape index (κ2) is 7.15. The van der Waals surface area contributed by atoms with Crippen LogP contribution in [0.15, 0.2) is 36.4 Å². The number of nitrogens with zero attached hydrogens (tertiary/aromatic N) is 6. The van der Waals surface area contributed by atoms with E-state index in [1.54, 1.807) is 0 Å². The molecule has 0 spiro atoms. The molecule has 7 heteroatoms. The molecule has 0 radical (unpaired) electrons. The fourth-order valence-corrected chi connectivity index (χ4v) is 4.39. The van der Waals surface area contributed by atoms with Gasteiger partial charge in [-0.2, -0.15) is 10.4 Å². The highest BCUT2D eigenvalue weighted by Crippen LogP contribution is 2.29. The molecule has 0 N–H and O–H groups in total. The molecule has 1 aromatic carbocycles. The van der Waals surface area contributed by atoms with Crippen molar-refractivity contribution >= 4 is 22.5 Å². The minimum Gasteiger partial charge on any atom is -0.373 e. The lowest BCUT2D eigenvalue weighted by Gasteiger charge is -2.35. The summed E-state index contributed by atoms with van der Waals surface area (Å²) in [6, 6.07) is 14.6. The Bertz CT molecular complexity index is 1290. The van der Waals surface area contributed by atoms with Gasteiger partial charge in [0.1, 0.15) is 11.9 Å². The third-order valence-corrected chi connectivity index (χ3v) is 5.81. The zero-order chi connectivity index (χ0) is 20.8. The lowest BCUT2D eigenvalue weighted by molar-refractivity contribution is 0.0267. The van der Waals surface area contributed by atoms with Crippen LogP contribution in [0.3, 0.4) is 0 Å². The standard InChI is InChI=1S/C23H24N6O/c1-15-10-22(29-21-7-5-4-6-20(21)25-23(29)19(15)12-24)27-8-9-30-18(13-27)14-28-17(3)11-16(2)26-28/h4-7,10-11,18H,8-9,13-14H2,1-3H3. The molecule has 152 valence electrons. The first-order valence-corrected chi connectivity index (χ1v) is 10.2. The molecule has 1 atom stereocenters. The van der Waals surface area contributed by atoms with Crippen LogP contribution in [0.1, 0.15) is 22.5 Å². The van der Waals surface area contributed by atoms with Gasteiger partial charge in [0.2, 0.25) is 0 Å². The lowest BCUT2D eigenvalue weighted by Crippen LogP contribution is -2.45. The van der Waals surface area contributed by atoms with Gasteiger partial charge >= 0.3 is 0 Å². The summed E-state index contributed by atoms with van der Waals surface area (Å²) in [6.07, 6.45) is 0.0394. The number of aryl methyl sites for hydroxylation is 3. The predicted octanol–water partition coefficient (Wildman–Crippen LogP) is 3.39. The number of fused-ring (bicyclic) bond motifs is 3. The van der Waals surface area contributed by atoms with Gasteiger partial charge in [0.25, 0.3) is 0 Å². The van der Waals surface area contributed by atoms with Gasteiger partial charge in [-0.3, -0.25) is 9.08 Å². The van der Waals surface area contributed by atoms with Crippen molar-refractivity contribution in [3.63, 3.8) is 0 Å². The van der Waals surface area contributed by atoms with Gasteiger partial charge in [-0.05, 0) is 50.6 Å². The van der Waals surface area contributed by atoms with Crippen molar-refractivity contribution in [1.82, 2.24) is 19.2 Å². The number of nitriles is 1. The maximum atomic E-state index is 9.73. The summed E-state index contributed by atoms with van der Waals surface area (Å²) in [5.41, 5.74) is 6.36. The molecule has 0 bridgehead atoms. The highest BCUT2D eigenvalue weighted by atomic mass is 16.5. The average molecular weight is 400 g/mol. The Kier molecular flexibility index (Phi) is 4.44. The molecular formula is C23H24N6O. The maximum absolute atomic E-state index is 9.73. The van der Waals surface area contributed by atoms with Crippen molar-refractivity contribution in [3.8, 4) is 6.07 Å². The minimum absolute atomic E-state index is 0.0394. The van der Waals surface area contributed by atoms with Gasteiger partial charge in [0.05, 0.1) is 41.5 Å². The van der Waals surface area contributed by atoms with E-state index in [1.165, 1.54) is 0 Å². The molecule has 0 aliphatic carbocycles. The quantitative estimate of drug-likeness (QED) is 0.527. The molecule has 0 amide bonds. The average Bonchev–Trinajstić information content (AvgIpc) is 3.27. The van der Waals surface area contributed by atoms with Crippen molar-refractivity contribution in [2.45, 2.75) is 33.4 Å². The number of hydrogen-bond acceptors (Lipinski definition) is 5. The zero-order valence-electron chi connectivity index (χ0n) is 17.5. The first kappa shape index (κ1) is 18.6. The summed E-state index contributed by atoms with van der Waals surface area (Å²) in [7, 11) is 0. The molecule has 5 rings (SSSR count). The Morgan fingerprint density at radius 1 is 1.20 bits per heavy atom. The van der Waals surface area contributed by atoms with Crippen molar-refractivity contribution in [1.29, 1.82) is 5.26 Å². The van der Waals surface area contributed by atoms with E-state index < -0.39 is 0 Å². The first-order valence-electron chi connectivity index (χ1n) is 10.2. The molecule has 4 aromatic rings. The number of morpholine rings is 1. The fourth-order valence-electron chi connectivity index (χ4n) is 4.39. The Balaban J connectivity index is 1.57. The van der Waals surface area contributed by atoms with Gasteiger partial charge in [-0.25, -0.2) is 4.98 Å². The Morgan fingerprint density at radius 2 is 2.03 bits per heavy atom. The van der Waals surface area contributed by atoms with Gasteiger partial charge in [0, 0.05) is 18.8 Å². The number of anilines is 1. The molecule has 1 saturated heterocycles. The van der Waals surface area contributed by atoms with Gasteiger partial charge in [-0.1, -0.05) is 12.1 Å². The molecule has 4 heterocycles. The van der Waals surface area contributed by atoms with Crippen LogP contribution in [-0.4, -0.2) is 45.0 Å². The Hall–Kier alpha value is -3.37. The minimum atomic E-state index is 0.0394. The number of imidazole rings is 1. The molecule has 7 nitrogen and oxygen atoms in total. The topological polar surface area (TPSA) is 71.4 Å². The number of ether oxygens (including phenoxy) is 1. The molecule has 30 heavy (non-hydrogen) atoms. The zero-order valence-corrected chi connectivity index (χ0v) is 17.5. The Morgan fingerprint density at radius 3 is 2.80 bits per heavy atom. The van der Waals surface area contributed by atoms with Crippen molar-refractivity contribution < 1.29 is 4.74 Å². The van der Waals surface area contributed by atoms with E-state index in [4.69, 9.17) is 9.72 Å². The van der Waals surface area contributed by atoms with E-state index in [1.807, 2.05) is 36.7 Å². The SMILES string of the molecule is Cc1cc(C)n(CC2CN(c3cc(C)c(C#N)c4nc5ccccc5n34)CCO2)n1. The predicted molar refractivity (Wildman–Crippen MR) is 116 cm³/mol. The van der Waals surface area contributed by atoms with E-state index in [0.29, 0.717) is 12.2 Å². The Labute approximate surface area is 175 Å². The number of pyridine rings is 1. The summed E-state index contributed by atoms with van der Waals surface area (Å²) in [5.74, 6) is 1.05.